The van der Waals surface area contributed by atoms with Gasteiger partial charge >= 0.3 is 5.97 Å². The van der Waals surface area contributed by atoms with E-state index in [-0.39, 0.29) is 62.2 Å². The van der Waals surface area contributed by atoms with Crippen molar-refractivity contribution in [2.75, 3.05) is 66.4 Å². The lowest BCUT2D eigenvalue weighted by Crippen LogP contribution is -2.58. The van der Waals surface area contributed by atoms with E-state index >= 15 is 47.1 Å². The number of rotatable bonds is 24. The normalized spacial score (nSPS) is 21.9. The number of carbonyl (C=O) groups excluding carboxylic acids is 15. The number of ketones is 3. The molecule has 8 rings (SSSR count). The SMILES string of the molecule is CCCC[C@H]1C(=O)N(C)CC(=O)C[C@@H](CC(=O)O)C(=O)C[C@@H](C(C)C)C(=O)N(C)[C@@H](Cc2ccccc2)C(=O)N[C@@H](Cc2ccc(O)cc2)C(=O)N(C)CC(=O)NC[C@@H](Cc2c[nH]c3ccccc23)C(=O)N[C@@H](Cc2cccnc2)C(=O)N[C@@H](CC(C)C)C(=O)N[C@H](C(=O)CCC(N)=O)CSCC(=O)N[C@@H](Cc2cc(F)c(F)c(F)c2)C(=O)N(C)[C@@H](Cc2ccccc2)C(=O)N1C. The third-order valence-electron chi connectivity index (χ3n) is 23.3. The Balaban J connectivity index is 1.21. The highest BCUT2D eigenvalue weighted by atomic mass is 32.2. The van der Waals surface area contributed by atoms with Gasteiger partial charge in [-0.1, -0.05) is 145 Å². The third-order valence-corrected chi connectivity index (χ3v) is 24.3. The number of nitrogens with one attached hydrogen (secondary N) is 7. The number of para-hydroxylation sites is 1. The molecule has 11 atom stereocenters. The molecule has 0 unspecified atom stereocenters. The minimum Gasteiger partial charge on any atom is -0.508 e. The quantitative estimate of drug-likeness (QED) is 0.0306. The van der Waals surface area contributed by atoms with Crippen LogP contribution in [0.5, 0.6) is 5.75 Å². The molecule has 708 valence electrons. The van der Waals surface area contributed by atoms with Gasteiger partial charge in [-0.25, -0.2) is 13.2 Å². The summed E-state index contributed by atoms with van der Waals surface area (Å²) in [5, 5.41) is 37.8. The summed E-state index contributed by atoms with van der Waals surface area (Å²) in [4.78, 5) is 247. The molecule has 12 amide bonds. The lowest BCUT2D eigenvalue weighted by Gasteiger charge is -2.37. The Labute approximate surface area is 769 Å². The number of nitrogens with two attached hydrogens (primary N) is 1. The highest BCUT2D eigenvalue weighted by Gasteiger charge is 2.43. The monoisotopic (exact) mass is 1840 g/mol. The van der Waals surface area contributed by atoms with Gasteiger partial charge in [-0.15, -0.1) is 11.8 Å². The number of benzene rings is 5. The molecule has 0 bridgehead atoms. The van der Waals surface area contributed by atoms with E-state index in [1.165, 1.54) is 71.9 Å². The molecule has 32 nitrogen and oxygen atoms in total. The number of likely N-dealkylation sites (N-methyl/N-ethyl adjacent to an activating group) is 5. The van der Waals surface area contributed by atoms with Crippen molar-refractivity contribution in [2.24, 2.45) is 35.3 Å². The van der Waals surface area contributed by atoms with Crippen molar-refractivity contribution < 1.29 is 100 Å². The fourth-order valence-electron chi connectivity index (χ4n) is 15.8. The number of aromatic hydroxyl groups is 1. The summed E-state index contributed by atoms with van der Waals surface area (Å²) in [6.45, 7) is 6.67. The Bertz CT molecular complexity index is 5210. The van der Waals surface area contributed by atoms with E-state index in [2.05, 4.69) is 41.9 Å². The van der Waals surface area contributed by atoms with Crippen molar-refractivity contribution in [3.8, 4) is 5.75 Å². The Hall–Kier alpha value is -13.2. The number of aromatic amines is 1. The Morgan fingerprint density at radius 2 is 1.11 bits per heavy atom. The smallest absolute Gasteiger partial charge is 0.304 e. The number of halogens is 3. The lowest BCUT2D eigenvalue weighted by atomic mass is 9.83. The number of hydrogen-bond acceptors (Lipinski definition) is 19. The molecule has 1 aliphatic heterocycles. The Kier molecular flexibility index (Phi) is 39.7. The highest BCUT2D eigenvalue weighted by Crippen LogP contribution is 2.29. The first-order valence-corrected chi connectivity index (χ1v) is 45.0. The largest absolute Gasteiger partial charge is 0.508 e. The van der Waals surface area contributed by atoms with Gasteiger partial charge in [-0.2, -0.15) is 0 Å². The van der Waals surface area contributed by atoms with E-state index in [4.69, 9.17) is 5.73 Å². The molecule has 36 heteroatoms. The van der Waals surface area contributed by atoms with Crippen LogP contribution in [0.1, 0.15) is 126 Å². The number of carboxylic acids is 1. The number of fused-ring (bicyclic) bond motifs is 1. The number of carboxylic acid groups (broad SMARTS) is 1. The lowest BCUT2D eigenvalue weighted by molar-refractivity contribution is -0.151. The number of phenolic OH excluding ortho intramolecular Hbond substituents is 1. The van der Waals surface area contributed by atoms with Crippen LogP contribution in [0.15, 0.2) is 152 Å². The molecule has 1 saturated heterocycles. The molecule has 132 heavy (non-hydrogen) atoms. The van der Waals surface area contributed by atoms with Crippen LogP contribution in [0.2, 0.25) is 0 Å². The Morgan fingerprint density at radius 1 is 0.545 bits per heavy atom. The number of primary amides is 1. The molecule has 1 aliphatic rings. The number of H-pyrrole nitrogens is 1. The maximum absolute atomic E-state index is 15.5. The van der Waals surface area contributed by atoms with Crippen LogP contribution in [-0.4, -0.2) is 254 Å². The van der Waals surface area contributed by atoms with E-state index in [0.717, 1.165) is 36.3 Å². The van der Waals surface area contributed by atoms with Gasteiger partial charge < -0.3 is 77.3 Å². The number of phenols is 1. The zero-order valence-corrected chi connectivity index (χ0v) is 76.6. The van der Waals surface area contributed by atoms with Gasteiger partial charge in [0.1, 0.15) is 53.8 Å². The second-order valence-electron chi connectivity index (χ2n) is 34.4. The number of Topliss-reactive ketones (excluding diaryl/α,β-unsaturated/α-hetero) is 3. The molecule has 7 aromatic rings. The van der Waals surface area contributed by atoms with E-state index in [1.807, 2.05) is 12.1 Å². The maximum atomic E-state index is 15.5. The van der Waals surface area contributed by atoms with E-state index < -0.39 is 253 Å². The molecule has 0 saturated carbocycles. The molecule has 11 N–H and O–H groups in total. The fourth-order valence-corrected chi connectivity index (χ4v) is 16.7. The number of nitrogens with zero attached hydrogens (tertiary/aromatic N) is 6. The van der Waals surface area contributed by atoms with Gasteiger partial charge in [0.05, 0.1) is 37.2 Å². The van der Waals surface area contributed by atoms with Crippen LogP contribution in [-0.2, 0) is 115 Å². The van der Waals surface area contributed by atoms with Crippen LogP contribution < -0.4 is 37.6 Å². The average Bonchev–Trinajstić information content (AvgIpc) is 1.03. The van der Waals surface area contributed by atoms with Crippen molar-refractivity contribution in [3.63, 3.8) is 0 Å². The number of amides is 12. The number of carbonyl (C=O) groups is 16. The van der Waals surface area contributed by atoms with Crippen LogP contribution in [0, 0.1) is 47.0 Å². The van der Waals surface area contributed by atoms with E-state index in [9.17, 15) is 53.0 Å². The fraction of sp³-hybridized carbons (Fsp3) is 0.448. The van der Waals surface area contributed by atoms with Crippen molar-refractivity contribution in [3.05, 3.63) is 203 Å². The number of pyridine rings is 1. The standard InChI is InChI=1S/C96H119F3N14O18S/c1-11-12-29-78-95(130)109(6)52-67(115)46-63(47-86(121)122)82(117)48-69(57(4)5)92(127)112(9)79(43-58-22-15-13-16-23-58)91(126)107-75(40-60-30-32-66(114)33-31-60)93(128)110(7)53-84(119)103-51-65(45-64-50-102-72-28-20-19-27-68(64)72)88(123)105-74(41-61-26-21-36-101-49-61)90(125)106-73(37-56(2)3)89(124)108-77(81(116)34-35-83(100)118)54-132-55-85(120)104-76(42-62-38-70(97)87(99)71(98)39-62)94(129)113(10)80(96(131)111(78)8)44-59-24-17-14-18-25-59/h13-28,30-33,36,38-39,49-50,56-57,63,65,69,73-80,102,114H,11-12,29,34-35,37,40-48,51-55H2,1-10H3,(H2,100,118)(H,103,119)(H,104,120)(H,105,123)(H,106,125)(H,107,126)(H,108,124)(H,121,122)/t63-,65+,69-,73-,74-,75-,76-,77-,78-,79-,80-/m0/s1. The van der Waals surface area contributed by atoms with Crippen LogP contribution in [0.3, 0.4) is 0 Å². The van der Waals surface area contributed by atoms with Crippen molar-refractivity contribution in [1.82, 2.24) is 66.4 Å². The molecule has 0 aliphatic carbocycles. The zero-order valence-electron chi connectivity index (χ0n) is 75.8. The molecule has 2 aromatic heterocycles. The molecule has 0 spiro atoms. The molecule has 3 heterocycles. The number of thioether (sulfide) groups is 1. The second kappa shape index (κ2) is 50.3. The third kappa shape index (κ3) is 31.0. The Morgan fingerprint density at radius 3 is 1.72 bits per heavy atom. The first-order valence-electron chi connectivity index (χ1n) is 43.9. The zero-order chi connectivity index (χ0) is 96.7. The van der Waals surface area contributed by atoms with Crippen molar-refractivity contribution in [1.29, 1.82) is 0 Å². The van der Waals surface area contributed by atoms with Crippen molar-refractivity contribution in [2.45, 2.75) is 179 Å². The minimum absolute atomic E-state index is 0.0349. The average molecular weight is 1850 g/mol. The summed E-state index contributed by atoms with van der Waals surface area (Å²) in [7, 11) is 6.36. The van der Waals surface area contributed by atoms with E-state index in [1.54, 1.807) is 126 Å². The highest BCUT2D eigenvalue weighted by molar-refractivity contribution is 8.00. The summed E-state index contributed by atoms with van der Waals surface area (Å²) >= 11 is 0.732. The summed E-state index contributed by atoms with van der Waals surface area (Å²) in [6.07, 6.45) is 0.156. The van der Waals surface area contributed by atoms with Gasteiger partial charge in [0, 0.05) is 147 Å². The van der Waals surface area contributed by atoms with Crippen molar-refractivity contribution >= 4 is 117 Å². The number of aromatic nitrogens is 2. The summed E-state index contributed by atoms with van der Waals surface area (Å²) in [6, 6.07) is 21.8. The first kappa shape index (κ1) is 104. The molecule has 1 fully saturated rings. The number of unbranched alkanes of at least 4 members (excludes halogenated alkanes) is 1. The topological polar surface area (TPSA) is 457 Å². The molecular weight excluding hydrogens is 1730 g/mol. The van der Waals surface area contributed by atoms with Crippen LogP contribution in [0.4, 0.5) is 13.2 Å². The second-order valence-corrected chi connectivity index (χ2v) is 35.4. The van der Waals surface area contributed by atoms with Gasteiger partial charge in [-0.05, 0) is 101 Å². The van der Waals surface area contributed by atoms with Crippen LogP contribution >= 0.6 is 11.8 Å². The van der Waals surface area contributed by atoms with Gasteiger partial charge in [-0.3, -0.25) is 81.7 Å². The predicted molar refractivity (Wildman–Crippen MR) is 486 cm³/mol. The minimum atomic E-state index is -1.85. The van der Waals surface area contributed by atoms with Gasteiger partial charge in [0.2, 0.25) is 70.9 Å². The predicted octanol–water partition coefficient (Wildman–Crippen LogP) is 6.10. The summed E-state index contributed by atoms with van der Waals surface area (Å²) in [5.74, 6) is -25.9. The summed E-state index contributed by atoms with van der Waals surface area (Å²) in [5.41, 5.74) is 8.35. The van der Waals surface area contributed by atoms with Gasteiger partial charge in [0.25, 0.3) is 0 Å². The molecule has 0 radical (unpaired) electrons. The van der Waals surface area contributed by atoms with E-state index in [0.29, 0.717) is 63.7 Å². The molecular formula is C96H119F3N14O18S. The van der Waals surface area contributed by atoms with Gasteiger partial charge in [0.15, 0.2) is 29.0 Å². The summed E-state index contributed by atoms with van der Waals surface area (Å²) < 4.78 is 45.0. The van der Waals surface area contributed by atoms with Crippen LogP contribution in [0.25, 0.3) is 10.9 Å². The maximum Gasteiger partial charge on any atom is 0.304 e. The number of hydrogen-bond donors (Lipinski definition) is 10. The molecule has 5 aromatic carbocycles. The number of aliphatic carboxylic acids is 1. The first-order chi connectivity index (χ1) is 62.7.